The van der Waals surface area contributed by atoms with E-state index in [9.17, 15) is 4.79 Å². The minimum Gasteiger partial charge on any atom is -0.339 e. The summed E-state index contributed by atoms with van der Waals surface area (Å²) in [5.41, 5.74) is 6.66. The molecule has 0 spiro atoms. The summed E-state index contributed by atoms with van der Waals surface area (Å²) in [5.74, 6) is 1.05. The van der Waals surface area contributed by atoms with Gasteiger partial charge in [0.2, 0.25) is 5.91 Å². The number of amides is 1. The number of carbonyl (C=O) groups is 1. The Morgan fingerprint density at radius 3 is 2.62 bits per heavy atom. The van der Waals surface area contributed by atoms with Crippen LogP contribution >= 0.6 is 0 Å². The van der Waals surface area contributed by atoms with E-state index in [1.54, 1.807) is 0 Å². The van der Waals surface area contributed by atoms with Crippen LogP contribution in [0.5, 0.6) is 0 Å². The second kappa shape index (κ2) is 5.26. The van der Waals surface area contributed by atoms with Crippen molar-refractivity contribution in [3.05, 3.63) is 0 Å². The van der Waals surface area contributed by atoms with Crippen molar-refractivity contribution in [1.82, 2.24) is 4.90 Å². The lowest BCUT2D eigenvalue weighted by molar-refractivity contribution is -0.139. The van der Waals surface area contributed by atoms with Crippen LogP contribution in [0.1, 0.15) is 65.7 Å². The van der Waals surface area contributed by atoms with Crippen LogP contribution in [-0.2, 0) is 4.79 Å². The van der Waals surface area contributed by atoms with Gasteiger partial charge in [-0.05, 0) is 55.4 Å². The van der Waals surface area contributed by atoms with E-state index >= 15 is 0 Å². The van der Waals surface area contributed by atoms with Crippen LogP contribution in [-0.4, -0.2) is 29.9 Å². The molecule has 2 bridgehead atoms. The zero-order chi connectivity index (χ0) is 15.3. The van der Waals surface area contributed by atoms with Gasteiger partial charge < -0.3 is 10.6 Å². The zero-order valence-corrected chi connectivity index (χ0v) is 14.0. The van der Waals surface area contributed by atoms with E-state index in [1.165, 1.54) is 32.1 Å². The molecule has 3 rings (SSSR count). The molecule has 2 N–H and O–H groups in total. The average molecular weight is 292 g/mol. The first-order chi connectivity index (χ1) is 9.84. The molecule has 4 atom stereocenters. The monoisotopic (exact) mass is 292 g/mol. The van der Waals surface area contributed by atoms with Gasteiger partial charge in [0.05, 0.1) is 0 Å². The van der Waals surface area contributed by atoms with Crippen molar-refractivity contribution >= 4 is 5.91 Å². The molecule has 2 aliphatic carbocycles. The highest BCUT2D eigenvalue weighted by molar-refractivity contribution is 5.80. The van der Waals surface area contributed by atoms with Gasteiger partial charge in [-0.1, -0.05) is 33.6 Å². The molecular formula is C18H32N2O. The zero-order valence-electron chi connectivity index (χ0n) is 14.0. The molecule has 2 saturated carbocycles. The van der Waals surface area contributed by atoms with Gasteiger partial charge in [-0.3, -0.25) is 4.79 Å². The number of nitrogens with zero attached hydrogens (tertiary/aromatic N) is 1. The summed E-state index contributed by atoms with van der Waals surface area (Å²) in [6.45, 7) is 8.78. The predicted molar refractivity (Wildman–Crippen MR) is 85.7 cm³/mol. The van der Waals surface area contributed by atoms with Crippen molar-refractivity contribution in [2.75, 3.05) is 13.1 Å². The molecule has 3 aliphatic rings. The first-order valence-corrected chi connectivity index (χ1v) is 8.84. The Hall–Kier alpha value is -0.570. The Labute approximate surface area is 129 Å². The fourth-order valence-corrected chi connectivity index (χ4v) is 5.75. The van der Waals surface area contributed by atoms with E-state index in [1.807, 2.05) is 0 Å². The molecular weight excluding hydrogens is 260 g/mol. The third-order valence-corrected chi connectivity index (χ3v) is 6.23. The lowest BCUT2D eigenvalue weighted by Crippen LogP contribution is -2.45. The van der Waals surface area contributed by atoms with Crippen LogP contribution < -0.4 is 5.73 Å². The third kappa shape index (κ3) is 2.86. The molecule has 4 unspecified atom stereocenters. The molecule has 120 valence electrons. The summed E-state index contributed by atoms with van der Waals surface area (Å²) in [4.78, 5) is 15.4. The Kier molecular flexibility index (Phi) is 3.84. The topological polar surface area (TPSA) is 46.3 Å². The predicted octanol–water partition coefficient (Wildman–Crippen LogP) is 3.18. The van der Waals surface area contributed by atoms with Gasteiger partial charge in [0, 0.05) is 18.5 Å². The van der Waals surface area contributed by atoms with E-state index in [4.69, 9.17) is 5.73 Å². The minimum atomic E-state index is 0.204. The van der Waals surface area contributed by atoms with Gasteiger partial charge in [-0.25, -0.2) is 0 Å². The largest absolute Gasteiger partial charge is 0.339 e. The van der Waals surface area contributed by atoms with E-state index in [-0.39, 0.29) is 5.92 Å². The standard InChI is InChI=1S/C18H32N2O/c1-17(2)8-14-9-18(3,11-17)12-20(14)16(21)15-7-5-4-6-13(15)10-19/h13-15H,4-12,19H2,1-3H3. The van der Waals surface area contributed by atoms with Crippen LogP contribution in [0.2, 0.25) is 0 Å². The molecule has 3 fully saturated rings. The number of carbonyl (C=O) groups excluding carboxylic acids is 1. The van der Waals surface area contributed by atoms with Crippen molar-refractivity contribution in [2.45, 2.75) is 71.8 Å². The molecule has 0 aromatic carbocycles. The number of likely N-dealkylation sites (tertiary alicyclic amines) is 1. The number of nitrogens with two attached hydrogens (primary N) is 1. The molecule has 3 nitrogen and oxygen atoms in total. The second-order valence-corrected chi connectivity index (χ2v) is 9.07. The van der Waals surface area contributed by atoms with Crippen molar-refractivity contribution in [2.24, 2.45) is 28.4 Å². The molecule has 1 heterocycles. The van der Waals surface area contributed by atoms with Gasteiger partial charge in [0.1, 0.15) is 0 Å². The summed E-state index contributed by atoms with van der Waals surface area (Å²) >= 11 is 0. The molecule has 0 aromatic heterocycles. The molecule has 1 saturated heterocycles. The van der Waals surface area contributed by atoms with Crippen molar-refractivity contribution < 1.29 is 4.79 Å². The molecule has 3 heteroatoms. The molecule has 21 heavy (non-hydrogen) atoms. The van der Waals surface area contributed by atoms with Gasteiger partial charge in [0.15, 0.2) is 0 Å². The first kappa shape index (κ1) is 15.3. The second-order valence-electron chi connectivity index (χ2n) is 9.07. The third-order valence-electron chi connectivity index (χ3n) is 6.23. The smallest absolute Gasteiger partial charge is 0.226 e. The maximum Gasteiger partial charge on any atom is 0.226 e. The van der Waals surface area contributed by atoms with Crippen LogP contribution in [0, 0.1) is 22.7 Å². The number of fused-ring (bicyclic) bond motifs is 2. The van der Waals surface area contributed by atoms with Crippen LogP contribution in [0.15, 0.2) is 0 Å². The normalized spacial score (nSPS) is 42.1. The van der Waals surface area contributed by atoms with Crippen molar-refractivity contribution in [3.63, 3.8) is 0 Å². The lowest BCUT2D eigenvalue weighted by atomic mass is 9.65. The maximum absolute atomic E-state index is 13.1. The summed E-state index contributed by atoms with van der Waals surface area (Å²) < 4.78 is 0. The van der Waals surface area contributed by atoms with Gasteiger partial charge in [-0.2, -0.15) is 0 Å². The fraction of sp³-hybridized carbons (Fsp3) is 0.944. The number of rotatable bonds is 2. The summed E-state index contributed by atoms with van der Waals surface area (Å²) in [6.07, 6.45) is 8.30. The van der Waals surface area contributed by atoms with Crippen LogP contribution in [0.25, 0.3) is 0 Å². The molecule has 1 aliphatic heterocycles. The lowest BCUT2D eigenvalue weighted by Gasteiger charge is -2.40. The SMILES string of the molecule is CC1(C)CC2CC(C)(CN2C(=O)C2CCCCC2CN)C1. The summed E-state index contributed by atoms with van der Waals surface area (Å²) in [6, 6.07) is 0.478. The Morgan fingerprint density at radius 1 is 1.19 bits per heavy atom. The van der Waals surface area contributed by atoms with E-state index in [0.29, 0.717) is 35.2 Å². The minimum absolute atomic E-state index is 0.204. The highest BCUT2D eigenvalue weighted by Gasteiger charge is 2.52. The first-order valence-electron chi connectivity index (χ1n) is 8.84. The van der Waals surface area contributed by atoms with E-state index in [0.717, 1.165) is 19.4 Å². The van der Waals surface area contributed by atoms with Crippen LogP contribution in [0.3, 0.4) is 0 Å². The fourth-order valence-electron chi connectivity index (χ4n) is 5.75. The maximum atomic E-state index is 13.1. The summed E-state index contributed by atoms with van der Waals surface area (Å²) in [7, 11) is 0. The van der Waals surface area contributed by atoms with E-state index < -0.39 is 0 Å². The van der Waals surface area contributed by atoms with Gasteiger partial charge >= 0.3 is 0 Å². The quantitative estimate of drug-likeness (QED) is 0.849. The Morgan fingerprint density at radius 2 is 1.90 bits per heavy atom. The number of hydrogen-bond donors (Lipinski definition) is 1. The average Bonchev–Trinajstić information content (AvgIpc) is 2.67. The highest BCUT2D eigenvalue weighted by atomic mass is 16.2. The van der Waals surface area contributed by atoms with Crippen molar-refractivity contribution in [1.29, 1.82) is 0 Å². The van der Waals surface area contributed by atoms with Crippen molar-refractivity contribution in [3.8, 4) is 0 Å². The molecule has 0 aromatic rings. The number of hydrogen-bond acceptors (Lipinski definition) is 2. The Bertz CT molecular complexity index is 419. The Balaban J connectivity index is 1.76. The van der Waals surface area contributed by atoms with Gasteiger partial charge in [0.25, 0.3) is 0 Å². The summed E-state index contributed by atoms with van der Waals surface area (Å²) in [5, 5.41) is 0. The van der Waals surface area contributed by atoms with Crippen LogP contribution in [0.4, 0.5) is 0 Å². The molecule has 0 radical (unpaired) electrons. The highest BCUT2D eigenvalue weighted by Crippen LogP contribution is 2.53. The van der Waals surface area contributed by atoms with E-state index in [2.05, 4.69) is 25.7 Å². The van der Waals surface area contributed by atoms with Gasteiger partial charge in [-0.15, -0.1) is 0 Å². The molecule has 1 amide bonds.